The number of phenols is 1. The maximum Gasteiger partial charge on any atom is 0.514 e. The van der Waals surface area contributed by atoms with Crippen molar-refractivity contribution in [2.45, 2.75) is 57.2 Å². The third kappa shape index (κ3) is 5.47. The summed E-state index contributed by atoms with van der Waals surface area (Å²) in [5.74, 6) is 3.08. The van der Waals surface area contributed by atoms with Gasteiger partial charge in [0.15, 0.2) is 11.5 Å². The van der Waals surface area contributed by atoms with Gasteiger partial charge in [0, 0.05) is 0 Å². The fourth-order valence-electron chi connectivity index (χ4n) is 7.95. The molecule has 6 atom stereocenters. The van der Waals surface area contributed by atoms with Gasteiger partial charge >= 0.3 is 6.16 Å². The smallest absolute Gasteiger partial charge is 0.508 e. The van der Waals surface area contributed by atoms with E-state index in [9.17, 15) is 15.0 Å². The highest BCUT2D eigenvalue weighted by Crippen LogP contribution is 2.62. The van der Waals surface area contributed by atoms with Crippen molar-refractivity contribution in [3.63, 3.8) is 0 Å². The van der Waals surface area contributed by atoms with Gasteiger partial charge in [-0.25, -0.2) is 4.79 Å². The van der Waals surface area contributed by atoms with Crippen LogP contribution < -0.4 is 18.9 Å². The fourth-order valence-corrected chi connectivity index (χ4v) is 7.95. The number of aromatic hydroxyl groups is 1. The number of aliphatic hydroxyl groups is 1. The number of fused-ring (bicyclic) bond motifs is 5. The molecule has 2 fully saturated rings. The van der Waals surface area contributed by atoms with Crippen molar-refractivity contribution in [3.8, 4) is 28.7 Å². The second kappa shape index (κ2) is 12.1. The van der Waals surface area contributed by atoms with Crippen molar-refractivity contribution in [3.05, 3.63) is 76.9 Å². The number of benzene rings is 3. The molecule has 3 aliphatic rings. The molecule has 0 saturated heterocycles. The number of hydrogen-bond donors (Lipinski definition) is 2. The van der Waals surface area contributed by atoms with Gasteiger partial charge in [-0.15, -0.1) is 0 Å². The Labute approximate surface area is 258 Å². The molecule has 0 aromatic heterocycles. The van der Waals surface area contributed by atoms with Crippen LogP contribution in [0.3, 0.4) is 0 Å². The Morgan fingerprint density at radius 3 is 2.36 bits per heavy atom. The van der Waals surface area contributed by atoms with E-state index in [1.54, 1.807) is 45.6 Å². The molecule has 8 nitrogen and oxygen atoms in total. The largest absolute Gasteiger partial charge is 0.514 e. The first kappa shape index (κ1) is 29.9. The number of carbonyl (C=O) groups is 1. The van der Waals surface area contributed by atoms with Gasteiger partial charge in [-0.05, 0) is 114 Å². The van der Waals surface area contributed by atoms with Crippen molar-refractivity contribution >= 4 is 18.3 Å². The lowest BCUT2D eigenvalue weighted by atomic mass is 9.55. The lowest BCUT2D eigenvalue weighted by molar-refractivity contribution is -0.0428. The highest BCUT2D eigenvalue weighted by molar-refractivity contribution is 5.73. The molecular formula is C36H40O8. The summed E-state index contributed by atoms with van der Waals surface area (Å²) in [6.07, 6.45) is 6.53. The summed E-state index contributed by atoms with van der Waals surface area (Å²) >= 11 is 0. The first-order valence-corrected chi connectivity index (χ1v) is 15.2. The van der Waals surface area contributed by atoms with E-state index in [0.29, 0.717) is 41.3 Å². The van der Waals surface area contributed by atoms with Crippen LogP contribution in [0.15, 0.2) is 54.6 Å². The van der Waals surface area contributed by atoms with Gasteiger partial charge in [0.2, 0.25) is 5.75 Å². The lowest BCUT2D eigenvalue weighted by Crippen LogP contribution is -2.44. The number of aliphatic hydroxyl groups excluding tert-OH is 1. The number of carbonyl (C=O) groups excluding carboxylic acids is 1. The standard InChI is InChI=1S/C36H40O8/c1-36-15-14-26-25-11-10-23(37)19-28(25)30(20-27(26)29(36)12-13-33(36)38)44-35(39)43-24-7-5-6-21(16-24)8-9-22-17-31(40-2)34(42-4)32(18-22)41-3/h5-11,16-19,26-27,29-30,33,37-38H,12-15,20H2,1-4H3/b9-8-. The van der Waals surface area contributed by atoms with E-state index in [0.717, 1.165) is 47.9 Å². The summed E-state index contributed by atoms with van der Waals surface area (Å²) in [6.45, 7) is 2.21. The van der Waals surface area contributed by atoms with Crippen LogP contribution in [-0.4, -0.2) is 43.8 Å². The minimum Gasteiger partial charge on any atom is -0.508 e. The lowest BCUT2D eigenvalue weighted by Gasteiger charge is -2.51. The first-order valence-electron chi connectivity index (χ1n) is 15.2. The molecule has 0 amide bonds. The molecule has 6 unspecified atom stereocenters. The fraction of sp³-hybridized carbons (Fsp3) is 0.417. The Morgan fingerprint density at radius 2 is 1.64 bits per heavy atom. The molecule has 0 bridgehead atoms. The predicted molar refractivity (Wildman–Crippen MR) is 166 cm³/mol. The van der Waals surface area contributed by atoms with Crippen LogP contribution in [0.2, 0.25) is 0 Å². The number of rotatable bonds is 7. The van der Waals surface area contributed by atoms with E-state index < -0.39 is 12.3 Å². The molecule has 0 spiro atoms. The zero-order valence-electron chi connectivity index (χ0n) is 25.6. The monoisotopic (exact) mass is 600 g/mol. The van der Waals surface area contributed by atoms with Crippen LogP contribution >= 0.6 is 0 Å². The predicted octanol–water partition coefficient (Wildman–Crippen LogP) is 7.52. The van der Waals surface area contributed by atoms with Crippen LogP contribution in [0.4, 0.5) is 4.79 Å². The molecule has 2 saturated carbocycles. The van der Waals surface area contributed by atoms with Crippen molar-refractivity contribution in [1.29, 1.82) is 0 Å². The minimum absolute atomic E-state index is 0.114. The number of methoxy groups -OCH3 is 3. The van der Waals surface area contributed by atoms with E-state index in [1.807, 2.05) is 42.5 Å². The maximum absolute atomic E-state index is 13.2. The summed E-state index contributed by atoms with van der Waals surface area (Å²) in [5, 5.41) is 21.1. The molecular weight excluding hydrogens is 560 g/mol. The second-order valence-electron chi connectivity index (χ2n) is 12.4. The van der Waals surface area contributed by atoms with E-state index in [2.05, 4.69) is 6.92 Å². The van der Waals surface area contributed by atoms with Crippen LogP contribution in [0, 0.1) is 17.3 Å². The Balaban J connectivity index is 1.19. The van der Waals surface area contributed by atoms with E-state index in [1.165, 1.54) is 0 Å². The van der Waals surface area contributed by atoms with Crippen LogP contribution in [0.5, 0.6) is 28.7 Å². The molecule has 0 radical (unpaired) electrons. The molecule has 44 heavy (non-hydrogen) atoms. The Kier molecular flexibility index (Phi) is 8.20. The van der Waals surface area contributed by atoms with Gasteiger partial charge in [0.05, 0.1) is 27.4 Å². The van der Waals surface area contributed by atoms with Crippen molar-refractivity contribution < 1.29 is 38.7 Å². The van der Waals surface area contributed by atoms with Gasteiger partial charge in [0.1, 0.15) is 17.6 Å². The summed E-state index contributed by atoms with van der Waals surface area (Å²) < 4.78 is 28.0. The zero-order valence-corrected chi connectivity index (χ0v) is 25.6. The van der Waals surface area contributed by atoms with Gasteiger partial charge < -0.3 is 33.9 Å². The van der Waals surface area contributed by atoms with Crippen LogP contribution in [0.25, 0.3) is 12.2 Å². The van der Waals surface area contributed by atoms with Crippen molar-refractivity contribution in [1.82, 2.24) is 0 Å². The Hall–Kier alpha value is -4.17. The van der Waals surface area contributed by atoms with Crippen molar-refractivity contribution in [2.24, 2.45) is 17.3 Å². The van der Waals surface area contributed by atoms with E-state index in [4.69, 9.17) is 23.7 Å². The van der Waals surface area contributed by atoms with Gasteiger partial charge in [-0.3, -0.25) is 0 Å². The van der Waals surface area contributed by atoms with Gasteiger partial charge in [0.25, 0.3) is 0 Å². The zero-order chi connectivity index (χ0) is 31.0. The highest BCUT2D eigenvalue weighted by Gasteiger charge is 2.55. The average molecular weight is 601 g/mol. The van der Waals surface area contributed by atoms with Crippen molar-refractivity contribution in [2.75, 3.05) is 21.3 Å². The molecule has 3 aromatic carbocycles. The molecule has 232 valence electrons. The maximum atomic E-state index is 13.2. The Morgan fingerprint density at radius 1 is 0.886 bits per heavy atom. The summed E-state index contributed by atoms with van der Waals surface area (Å²) in [5.41, 5.74) is 3.51. The molecule has 3 aromatic rings. The van der Waals surface area contributed by atoms with Gasteiger partial charge in [-0.1, -0.05) is 37.3 Å². The summed E-state index contributed by atoms with van der Waals surface area (Å²) in [7, 11) is 4.71. The number of ether oxygens (including phenoxy) is 5. The number of hydrogen-bond acceptors (Lipinski definition) is 8. The normalized spacial score (nSPS) is 27.2. The Bertz CT molecular complexity index is 1540. The topological polar surface area (TPSA) is 104 Å². The van der Waals surface area contributed by atoms with Gasteiger partial charge in [-0.2, -0.15) is 0 Å². The summed E-state index contributed by atoms with van der Waals surface area (Å²) in [6, 6.07) is 16.3. The molecule has 6 rings (SSSR count). The average Bonchev–Trinajstić information content (AvgIpc) is 3.33. The third-order valence-electron chi connectivity index (χ3n) is 10.1. The quantitative estimate of drug-likeness (QED) is 0.163. The third-order valence-corrected chi connectivity index (χ3v) is 10.1. The number of phenolic OH excluding ortho intramolecular Hbond substituents is 1. The molecule has 2 N–H and O–H groups in total. The molecule has 0 aliphatic heterocycles. The van der Waals surface area contributed by atoms with E-state index in [-0.39, 0.29) is 23.2 Å². The SMILES string of the molecule is COc1cc(/C=C\c2cccc(OC(=O)OC3CC4C(CCC5(C)C(O)CCC45)c4ccc(O)cc43)c2)cc(OC)c1OC. The summed E-state index contributed by atoms with van der Waals surface area (Å²) in [4.78, 5) is 13.2. The highest BCUT2D eigenvalue weighted by atomic mass is 16.7. The molecule has 3 aliphatic carbocycles. The minimum atomic E-state index is -0.793. The molecule has 8 heteroatoms. The second-order valence-corrected chi connectivity index (χ2v) is 12.4. The van der Waals surface area contributed by atoms with Crippen LogP contribution in [-0.2, 0) is 4.74 Å². The molecule has 0 heterocycles. The first-order chi connectivity index (χ1) is 21.2. The van der Waals surface area contributed by atoms with E-state index >= 15 is 0 Å². The van der Waals surface area contributed by atoms with Crippen LogP contribution in [0.1, 0.15) is 73.3 Å².